The van der Waals surface area contributed by atoms with E-state index in [1.165, 1.54) is 11.8 Å². The molecule has 4 saturated carbocycles. The molecule has 0 saturated heterocycles. The van der Waals surface area contributed by atoms with Crippen LogP contribution in [0.5, 0.6) is 0 Å². The lowest BCUT2D eigenvalue weighted by atomic mass is 9.68. The van der Waals surface area contributed by atoms with Crippen molar-refractivity contribution in [1.29, 1.82) is 0 Å². The van der Waals surface area contributed by atoms with Crippen LogP contribution in [0.2, 0.25) is 0 Å². The Labute approximate surface area is 74.7 Å². The standard InChI is InChI=1S/C12H18/c1-11-4-8-2-3-9(6-11)12(5-8)7-10(11)12/h8-10H,2-7H2,1H3. The van der Waals surface area contributed by atoms with E-state index in [-0.39, 0.29) is 0 Å². The molecule has 0 nitrogen and oxygen atoms in total. The Morgan fingerprint density at radius 3 is 2.83 bits per heavy atom. The van der Waals surface area contributed by atoms with Crippen molar-refractivity contribution in [3.05, 3.63) is 0 Å². The minimum atomic E-state index is 0.823. The summed E-state index contributed by atoms with van der Waals surface area (Å²) in [4.78, 5) is 0. The van der Waals surface area contributed by atoms with Crippen LogP contribution in [0.3, 0.4) is 0 Å². The van der Waals surface area contributed by atoms with Crippen molar-refractivity contribution in [2.45, 2.75) is 45.4 Å². The fourth-order valence-corrected chi connectivity index (χ4v) is 5.54. The molecule has 0 aromatic carbocycles. The van der Waals surface area contributed by atoms with E-state index in [9.17, 15) is 0 Å². The highest BCUT2D eigenvalue weighted by Gasteiger charge is 2.74. The third kappa shape index (κ3) is 0.482. The van der Waals surface area contributed by atoms with Gasteiger partial charge in [0.2, 0.25) is 0 Å². The summed E-state index contributed by atoms with van der Waals surface area (Å²) in [7, 11) is 0. The van der Waals surface area contributed by atoms with Crippen molar-refractivity contribution in [3.8, 4) is 0 Å². The molecular formula is C12H18. The summed E-state index contributed by atoms with van der Waals surface area (Å²) in [5, 5.41) is 0. The minimum absolute atomic E-state index is 0.823. The Kier molecular flexibility index (Phi) is 0.811. The van der Waals surface area contributed by atoms with Crippen LogP contribution in [0.25, 0.3) is 0 Å². The van der Waals surface area contributed by atoms with E-state index >= 15 is 0 Å². The number of hydrogen-bond acceptors (Lipinski definition) is 0. The van der Waals surface area contributed by atoms with Gasteiger partial charge in [0.25, 0.3) is 0 Å². The van der Waals surface area contributed by atoms with Gasteiger partial charge in [-0.3, -0.25) is 0 Å². The summed E-state index contributed by atoms with van der Waals surface area (Å²) in [6, 6.07) is 0. The first kappa shape index (κ1) is 6.45. The second-order valence-corrected chi connectivity index (χ2v) is 6.40. The zero-order valence-corrected chi connectivity index (χ0v) is 7.97. The van der Waals surface area contributed by atoms with Crippen LogP contribution in [0.1, 0.15) is 45.4 Å². The fraction of sp³-hybridized carbons (Fsp3) is 1.00. The van der Waals surface area contributed by atoms with E-state index in [4.69, 9.17) is 0 Å². The molecule has 0 aromatic rings. The Morgan fingerprint density at radius 2 is 1.92 bits per heavy atom. The predicted molar refractivity (Wildman–Crippen MR) is 48.7 cm³/mol. The highest BCUT2D eigenvalue weighted by atomic mass is 14.8. The van der Waals surface area contributed by atoms with Crippen molar-refractivity contribution >= 4 is 0 Å². The van der Waals surface area contributed by atoms with Gasteiger partial charge in [0.15, 0.2) is 0 Å². The molecule has 3 bridgehead atoms. The van der Waals surface area contributed by atoms with Gasteiger partial charge < -0.3 is 0 Å². The van der Waals surface area contributed by atoms with Crippen LogP contribution < -0.4 is 0 Å². The smallest absolute Gasteiger partial charge is 0.0230 e. The normalized spacial score (nSPS) is 71.2. The monoisotopic (exact) mass is 162 g/mol. The molecule has 0 amide bonds. The summed E-state index contributed by atoms with van der Waals surface area (Å²) in [6.45, 7) is 2.59. The van der Waals surface area contributed by atoms with Crippen LogP contribution >= 0.6 is 0 Å². The molecule has 66 valence electrons. The third-order valence-corrected chi connectivity index (χ3v) is 5.83. The van der Waals surface area contributed by atoms with Crippen molar-refractivity contribution in [3.63, 3.8) is 0 Å². The third-order valence-electron chi connectivity index (χ3n) is 5.83. The SMILES string of the molecule is CC12CC3CCC(C1)C1(C3)CC21. The first-order chi connectivity index (χ1) is 5.73. The molecule has 0 radical (unpaired) electrons. The Balaban J connectivity index is 1.90. The van der Waals surface area contributed by atoms with Crippen LogP contribution in [0, 0.1) is 28.6 Å². The second-order valence-electron chi connectivity index (χ2n) is 6.40. The van der Waals surface area contributed by atoms with E-state index in [1.54, 1.807) is 38.5 Å². The molecule has 4 rings (SSSR count). The summed E-state index contributed by atoms with van der Waals surface area (Å²) in [5.41, 5.74) is 1.76. The van der Waals surface area contributed by atoms with Crippen LogP contribution in [-0.2, 0) is 0 Å². The fourth-order valence-electron chi connectivity index (χ4n) is 5.54. The van der Waals surface area contributed by atoms with Crippen molar-refractivity contribution < 1.29 is 0 Å². The number of rotatable bonds is 0. The maximum absolute atomic E-state index is 2.59. The maximum atomic E-state index is 2.59. The van der Waals surface area contributed by atoms with Gasteiger partial charge in [-0.15, -0.1) is 0 Å². The molecule has 0 aromatic heterocycles. The van der Waals surface area contributed by atoms with E-state index in [1.807, 2.05) is 0 Å². The number of fused-ring (bicyclic) bond motifs is 1. The van der Waals surface area contributed by atoms with Crippen molar-refractivity contribution in [1.82, 2.24) is 0 Å². The average molecular weight is 162 g/mol. The van der Waals surface area contributed by atoms with E-state index in [0.29, 0.717) is 0 Å². The molecule has 5 atom stereocenters. The van der Waals surface area contributed by atoms with Gasteiger partial charge >= 0.3 is 0 Å². The Morgan fingerprint density at radius 1 is 1.00 bits per heavy atom. The molecule has 4 aliphatic rings. The molecule has 5 unspecified atom stereocenters. The van der Waals surface area contributed by atoms with Crippen molar-refractivity contribution in [2.24, 2.45) is 28.6 Å². The Bertz CT molecular complexity index is 251. The van der Waals surface area contributed by atoms with Gasteiger partial charge in [-0.25, -0.2) is 0 Å². The lowest BCUT2D eigenvalue weighted by Crippen LogP contribution is -2.28. The van der Waals surface area contributed by atoms with E-state index in [0.717, 1.165) is 16.7 Å². The summed E-state index contributed by atoms with van der Waals surface area (Å²) in [6.07, 6.45) is 9.64. The summed E-state index contributed by atoms with van der Waals surface area (Å²) < 4.78 is 0. The zero-order chi connectivity index (χ0) is 7.97. The Hall–Kier alpha value is 0. The molecule has 4 fully saturated rings. The molecular weight excluding hydrogens is 144 g/mol. The van der Waals surface area contributed by atoms with Gasteiger partial charge in [0, 0.05) is 0 Å². The molecule has 0 aliphatic heterocycles. The molecule has 0 N–H and O–H groups in total. The van der Waals surface area contributed by atoms with Gasteiger partial charge in [-0.1, -0.05) is 13.3 Å². The maximum Gasteiger partial charge on any atom is -0.0230 e. The molecule has 0 heterocycles. The molecule has 4 aliphatic carbocycles. The largest absolute Gasteiger partial charge is 0.0593 e. The van der Waals surface area contributed by atoms with E-state index < -0.39 is 0 Å². The highest BCUT2D eigenvalue weighted by Crippen LogP contribution is 2.82. The summed E-state index contributed by atoms with van der Waals surface area (Å²) >= 11 is 0. The van der Waals surface area contributed by atoms with Crippen LogP contribution in [0.4, 0.5) is 0 Å². The highest BCUT2D eigenvalue weighted by molar-refractivity contribution is 5.23. The predicted octanol–water partition coefficient (Wildman–Crippen LogP) is 3.22. The lowest BCUT2D eigenvalue weighted by molar-refractivity contribution is 0.127. The zero-order valence-electron chi connectivity index (χ0n) is 7.97. The van der Waals surface area contributed by atoms with Crippen LogP contribution in [-0.4, -0.2) is 0 Å². The van der Waals surface area contributed by atoms with Gasteiger partial charge in [-0.05, 0) is 60.7 Å². The average Bonchev–Trinajstić information content (AvgIpc) is 2.72. The van der Waals surface area contributed by atoms with Crippen molar-refractivity contribution in [2.75, 3.05) is 0 Å². The lowest BCUT2D eigenvalue weighted by Gasteiger charge is -2.37. The molecule has 0 heteroatoms. The number of hydrogen-bond donors (Lipinski definition) is 0. The van der Waals surface area contributed by atoms with Gasteiger partial charge in [0.1, 0.15) is 0 Å². The molecule has 1 spiro atoms. The van der Waals surface area contributed by atoms with E-state index in [2.05, 4.69) is 6.92 Å². The summed E-state index contributed by atoms with van der Waals surface area (Å²) in [5.74, 6) is 3.50. The minimum Gasteiger partial charge on any atom is -0.0593 e. The quantitative estimate of drug-likeness (QED) is 0.513. The van der Waals surface area contributed by atoms with Crippen LogP contribution in [0.15, 0.2) is 0 Å². The van der Waals surface area contributed by atoms with Gasteiger partial charge in [-0.2, -0.15) is 0 Å². The topological polar surface area (TPSA) is 0 Å². The first-order valence-electron chi connectivity index (χ1n) is 5.73. The van der Waals surface area contributed by atoms with Gasteiger partial charge in [0.05, 0.1) is 0 Å². The molecule has 12 heavy (non-hydrogen) atoms. The second kappa shape index (κ2) is 1.51. The first-order valence-corrected chi connectivity index (χ1v) is 5.73.